The standard InChI is InChI=1S/C9H7F2NO4.C9H8F2O2/c1-2-16-9(13)5-3-8(12(14)15)7(11)4-6(5)10;1-2-13-9(12)7-4-3-6(10)5-8(7)11/h3-4H,2H2,1H3;3-5H,2H2,1H3. The van der Waals surface area contributed by atoms with Gasteiger partial charge in [-0.15, -0.1) is 0 Å². The fourth-order valence-electron chi connectivity index (χ4n) is 1.91. The molecule has 156 valence electrons. The summed E-state index contributed by atoms with van der Waals surface area (Å²) in [6.07, 6.45) is 0. The van der Waals surface area contributed by atoms with Gasteiger partial charge in [-0.05, 0) is 26.0 Å². The van der Waals surface area contributed by atoms with E-state index in [-0.39, 0.29) is 24.8 Å². The number of ether oxygens (including phenoxy) is 2. The molecule has 2 aromatic rings. The molecule has 0 saturated heterocycles. The number of halogens is 4. The topological polar surface area (TPSA) is 95.7 Å². The molecule has 0 saturated carbocycles. The van der Waals surface area contributed by atoms with Crippen LogP contribution in [0.2, 0.25) is 0 Å². The van der Waals surface area contributed by atoms with Gasteiger partial charge in [0.25, 0.3) is 0 Å². The van der Waals surface area contributed by atoms with Gasteiger partial charge in [-0.25, -0.2) is 22.8 Å². The number of nitrogens with zero attached hydrogens (tertiary/aromatic N) is 1. The third-order valence-electron chi connectivity index (χ3n) is 3.16. The molecular weight excluding hydrogens is 402 g/mol. The largest absolute Gasteiger partial charge is 0.462 e. The van der Waals surface area contributed by atoms with Crippen molar-refractivity contribution in [3.05, 3.63) is 74.8 Å². The van der Waals surface area contributed by atoms with Crippen LogP contribution in [-0.2, 0) is 9.47 Å². The molecule has 0 aliphatic heterocycles. The molecule has 7 nitrogen and oxygen atoms in total. The second kappa shape index (κ2) is 10.7. The molecular formula is C18H15F4NO6. The van der Waals surface area contributed by atoms with Gasteiger partial charge in [-0.1, -0.05) is 0 Å². The molecule has 0 atom stereocenters. The summed E-state index contributed by atoms with van der Waals surface area (Å²) >= 11 is 0. The summed E-state index contributed by atoms with van der Waals surface area (Å²) < 4.78 is 60.3. The van der Waals surface area contributed by atoms with Crippen LogP contribution in [0.25, 0.3) is 0 Å². The maximum atomic E-state index is 13.1. The fraction of sp³-hybridized carbons (Fsp3) is 0.222. The van der Waals surface area contributed by atoms with Crippen LogP contribution in [0, 0.1) is 33.4 Å². The van der Waals surface area contributed by atoms with Crippen molar-refractivity contribution in [2.75, 3.05) is 13.2 Å². The van der Waals surface area contributed by atoms with Crippen molar-refractivity contribution in [1.82, 2.24) is 0 Å². The Hall–Kier alpha value is -3.50. The number of carbonyl (C=O) groups excluding carboxylic acids is 2. The molecule has 0 unspecified atom stereocenters. The monoisotopic (exact) mass is 417 g/mol. The Bertz CT molecular complexity index is 919. The first-order valence-corrected chi connectivity index (χ1v) is 8.05. The number of nitro benzene ring substituents is 1. The third-order valence-corrected chi connectivity index (χ3v) is 3.16. The second-order valence-electron chi connectivity index (χ2n) is 5.11. The van der Waals surface area contributed by atoms with E-state index in [9.17, 15) is 37.3 Å². The molecule has 2 aromatic carbocycles. The molecule has 0 amide bonds. The third kappa shape index (κ3) is 6.55. The lowest BCUT2D eigenvalue weighted by atomic mass is 10.2. The van der Waals surface area contributed by atoms with E-state index < -0.39 is 51.4 Å². The van der Waals surface area contributed by atoms with Crippen LogP contribution in [0.3, 0.4) is 0 Å². The summed E-state index contributed by atoms with van der Waals surface area (Å²) in [6, 6.07) is 3.51. The van der Waals surface area contributed by atoms with E-state index >= 15 is 0 Å². The lowest BCUT2D eigenvalue weighted by Crippen LogP contribution is -2.08. The van der Waals surface area contributed by atoms with Crippen molar-refractivity contribution in [3.63, 3.8) is 0 Å². The highest BCUT2D eigenvalue weighted by molar-refractivity contribution is 5.90. The van der Waals surface area contributed by atoms with Crippen LogP contribution in [0.4, 0.5) is 23.2 Å². The average molecular weight is 417 g/mol. The summed E-state index contributed by atoms with van der Waals surface area (Å²) in [5.41, 5.74) is -1.87. The number of hydrogen-bond donors (Lipinski definition) is 0. The maximum Gasteiger partial charge on any atom is 0.341 e. The van der Waals surface area contributed by atoms with Gasteiger partial charge in [-0.3, -0.25) is 10.1 Å². The van der Waals surface area contributed by atoms with Crippen LogP contribution in [0.5, 0.6) is 0 Å². The maximum absolute atomic E-state index is 13.1. The van der Waals surface area contributed by atoms with Crippen molar-refractivity contribution in [2.24, 2.45) is 0 Å². The number of nitro groups is 1. The van der Waals surface area contributed by atoms with Gasteiger partial charge >= 0.3 is 17.6 Å². The lowest BCUT2D eigenvalue weighted by molar-refractivity contribution is -0.387. The zero-order valence-corrected chi connectivity index (χ0v) is 15.2. The molecule has 0 N–H and O–H groups in total. The molecule has 0 spiro atoms. The SMILES string of the molecule is CCOC(=O)c1cc([N+](=O)[O-])c(F)cc1F.CCOC(=O)c1ccc(F)cc1F. The molecule has 0 aliphatic rings. The highest BCUT2D eigenvalue weighted by Gasteiger charge is 2.22. The van der Waals surface area contributed by atoms with Crippen LogP contribution in [-0.4, -0.2) is 30.1 Å². The molecule has 0 fully saturated rings. The smallest absolute Gasteiger partial charge is 0.341 e. The van der Waals surface area contributed by atoms with E-state index in [0.29, 0.717) is 12.1 Å². The van der Waals surface area contributed by atoms with Crippen LogP contribution < -0.4 is 0 Å². The predicted molar refractivity (Wildman–Crippen MR) is 91.3 cm³/mol. The molecule has 0 aromatic heterocycles. The summed E-state index contributed by atoms with van der Waals surface area (Å²) in [5, 5.41) is 10.4. The summed E-state index contributed by atoms with van der Waals surface area (Å²) in [4.78, 5) is 31.4. The molecule has 29 heavy (non-hydrogen) atoms. The minimum Gasteiger partial charge on any atom is -0.462 e. The van der Waals surface area contributed by atoms with Gasteiger partial charge in [0.05, 0.1) is 23.7 Å². The second-order valence-corrected chi connectivity index (χ2v) is 5.11. The molecule has 0 radical (unpaired) electrons. The van der Waals surface area contributed by atoms with Crippen molar-refractivity contribution in [3.8, 4) is 0 Å². The highest BCUT2D eigenvalue weighted by Crippen LogP contribution is 2.22. The van der Waals surface area contributed by atoms with Gasteiger partial charge in [-0.2, -0.15) is 4.39 Å². The number of rotatable bonds is 5. The molecule has 2 rings (SSSR count). The van der Waals surface area contributed by atoms with E-state index in [1.165, 1.54) is 6.92 Å². The minimum atomic E-state index is -1.34. The van der Waals surface area contributed by atoms with Crippen LogP contribution >= 0.6 is 0 Å². The highest BCUT2D eigenvalue weighted by atomic mass is 19.1. The van der Waals surface area contributed by atoms with Crippen molar-refractivity contribution < 1.29 is 41.5 Å². The average Bonchev–Trinajstić information content (AvgIpc) is 2.62. The van der Waals surface area contributed by atoms with Crippen molar-refractivity contribution in [1.29, 1.82) is 0 Å². The number of benzene rings is 2. The summed E-state index contributed by atoms with van der Waals surface area (Å²) in [6.45, 7) is 3.26. The summed E-state index contributed by atoms with van der Waals surface area (Å²) in [7, 11) is 0. The van der Waals surface area contributed by atoms with Gasteiger partial charge in [0.15, 0.2) is 0 Å². The Labute approximate surface area is 162 Å². The zero-order chi connectivity index (χ0) is 22.1. The quantitative estimate of drug-likeness (QED) is 0.313. The van der Waals surface area contributed by atoms with Crippen molar-refractivity contribution >= 4 is 17.6 Å². The molecule has 11 heteroatoms. The minimum absolute atomic E-state index is 0.0105. The first-order valence-electron chi connectivity index (χ1n) is 8.05. The van der Waals surface area contributed by atoms with E-state index in [0.717, 1.165) is 12.1 Å². The Balaban J connectivity index is 0.000000296. The zero-order valence-electron chi connectivity index (χ0n) is 15.2. The Morgan fingerprint density at radius 1 is 0.862 bits per heavy atom. The molecule has 0 heterocycles. The Morgan fingerprint density at radius 3 is 1.86 bits per heavy atom. The lowest BCUT2D eigenvalue weighted by Gasteiger charge is -2.03. The van der Waals surface area contributed by atoms with Gasteiger partial charge in [0.1, 0.15) is 23.0 Å². The van der Waals surface area contributed by atoms with Crippen LogP contribution in [0.15, 0.2) is 30.3 Å². The van der Waals surface area contributed by atoms with Gasteiger partial charge in [0.2, 0.25) is 5.82 Å². The fourth-order valence-corrected chi connectivity index (χ4v) is 1.91. The molecule has 0 bridgehead atoms. The van der Waals surface area contributed by atoms with E-state index in [1.54, 1.807) is 6.92 Å². The van der Waals surface area contributed by atoms with E-state index in [2.05, 4.69) is 9.47 Å². The van der Waals surface area contributed by atoms with E-state index in [4.69, 9.17) is 0 Å². The van der Waals surface area contributed by atoms with Gasteiger partial charge in [0, 0.05) is 18.2 Å². The number of esters is 2. The number of carbonyl (C=O) groups is 2. The number of hydrogen-bond acceptors (Lipinski definition) is 6. The van der Waals surface area contributed by atoms with Gasteiger partial charge < -0.3 is 9.47 Å². The summed E-state index contributed by atoms with van der Waals surface area (Å²) in [5.74, 6) is -6.00. The predicted octanol–water partition coefficient (Wildman–Crippen LogP) is 4.19. The van der Waals surface area contributed by atoms with Crippen molar-refractivity contribution in [2.45, 2.75) is 13.8 Å². The molecule has 0 aliphatic carbocycles. The normalized spacial score (nSPS) is 9.86. The Kier molecular flexibility index (Phi) is 8.71. The Morgan fingerprint density at radius 2 is 1.38 bits per heavy atom. The first kappa shape index (κ1) is 23.5. The van der Waals surface area contributed by atoms with Crippen LogP contribution in [0.1, 0.15) is 34.6 Å². The first-order chi connectivity index (χ1) is 13.6. The van der Waals surface area contributed by atoms with E-state index in [1.807, 2.05) is 0 Å².